The van der Waals surface area contributed by atoms with Crippen molar-refractivity contribution in [3.05, 3.63) is 66.6 Å². The zero-order valence-corrected chi connectivity index (χ0v) is 17.1. The van der Waals surface area contributed by atoms with Gasteiger partial charge in [-0.2, -0.15) is 10.1 Å². The number of benzene rings is 1. The summed E-state index contributed by atoms with van der Waals surface area (Å²) in [5.74, 6) is 0.771. The van der Waals surface area contributed by atoms with Crippen molar-refractivity contribution < 1.29 is 13.7 Å². The van der Waals surface area contributed by atoms with Crippen LogP contribution in [0.1, 0.15) is 43.3 Å². The van der Waals surface area contributed by atoms with Crippen LogP contribution in [0.5, 0.6) is 0 Å². The number of nitrogens with one attached hydrogen (secondary N) is 1. The van der Waals surface area contributed by atoms with E-state index in [2.05, 4.69) is 27.5 Å². The maximum atomic E-state index is 12.4. The SMILES string of the molecule is CCn1nccc1-c1cccc(-c2noc([C@H](NC(=O)c3ccco3)C(C)C)n2)c1. The summed E-state index contributed by atoms with van der Waals surface area (Å²) < 4.78 is 12.6. The first kappa shape index (κ1) is 19.6. The molecule has 3 heterocycles. The van der Waals surface area contributed by atoms with Gasteiger partial charge < -0.3 is 14.3 Å². The number of carbonyl (C=O) groups is 1. The Balaban J connectivity index is 1.60. The van der Waals surface area contributed by atoms with E-state index in [1.54, 1.807) is 18.3 Å². The van der Waals surface area contributed by atoms with Crippen LogP contribution in [0.4, 0.5) is 0 Å². The molecule has 0 saturated carbocycles. The van der Waals surface area contributed by atoms with Crippen LogP contribution in [0, 0.1) is 5.92 Å². The molecule has 8 nitrogen and oxygen atoms in total. The molecule has 30 heavy (non-hydrogen) atoms. The summed E-state index contributed by atoms with van der Waals surface area (Å²) in [4.78, 5) is 17.0. The quantitative estimate of drug-likeness (QED) is 0.491. The highest BCUT2D eigenvalue weighted by molar-refractivity contribution is 5.91. The number of aryl methyl sites for hydroxylation is 1. The van der Waals surface area contributed by atoms with Crippen molar-refractivity contribution in [2.75, 3.05) is 0 Å². The van der Waals surface area contributed by atoms with Crippen molar-refractivity contribution in [3.63, 3.8) is 0 Å². The lowest BCUT2D eigenvalue weighted by Crippen LogP contribution is -2.31. The van der Waals surface area contributed by atoms with Crippen molar-refractivity contribution in [3.8, 4) is 22.6 Å². The van der Waals surface area contributed by atoms with Gasteiger partial charge in [0.25, 0.3) is 5.91 Å². The molecule has 1 amide bonds. The molecule has 0 aliphatic rings. The minimum Gasteiger partial charge on any atom is -0.459 e. The number of hydrogen-bond acceptors (Lipinski definition) is 6. The largest absolute Gasteiger partial charge is 0.459 e. The second-order valence-corrected chi connectivity index (χ2v) is 7.24. The molecule has 0 unspecified atom stereocenters. The Hall–Kier alpha value is -3.68. The fraction of sp³-hybridized carbons (Fsp3) is 0.273. The highest BCUT2D eigenvalue weighted by Crippen LogP contribution is 2.27. The van der Waals surface area contributed by atoms with Crippen LogP contribution in [0.25, 0.3) is 22.6 Å². The number of aromatic nitrogens is 4. The van der Waals surface area contributed by atoms with Crippen LogP contribution in [0.2, 0.25) is 0 Å². The third-order valence-electron chi connectivity index (χ3n) is 4.84. The van der Waals surface area contributed by atoms with Gasteiger partial charge in [0, 0.05) is 23.9 Å². The molecule has 0 radical (unpaired) electrons. The second-order valence-electron chi connectivity index (χ2n) is 7.24. The molecule has 1 aromatic carbocycles. The molecular formula is C22H23N5O3. The first-order valence-corrected chi connectivity index (χ1v) is 9.87. The van der Waals surface area contributed by atoms with Crippen molar-refractivity contribution >= 4 is 5.91 Å². The van der Waals surface area contributed by atoms with Crippen LogP contribution >= 0.6 is 0 Å². The number of furan rings is 1. The average molecular weight is 405 g/mol. The lowest BCUT2D eigenvalue weighted by molar-refractivity contribution is 0.0885. The Morgan fingerprint density at radius 2 is 2.00 bits per heavy atom. The molecule has 3 aromatic heterocycles. The molecule has 1 N–H and O–H groups in total. The van der Waals surface area contributed by atoms with Crippen LogP contribution in [-0.4, -0.2) is 25.8 Å². The Labute approximate surface area is 173 Å². The molecule has 1 atom stereocenters. The normalized spacial score (nSPS) is 12.3. The lowest BCUT2D eigenvalue weighted by Gasteiger charge is -2.17. The third-order valence-corrected chi connectivity index (χ3v) is 4.84. The average Bonchev–Trinajstić information content (AvgIpc) is 3.52. The number of hydrogen-bond donors (Lipinski definition) is 1. The van der Waals surface area contributed by atoms with E-state index in [1.807, 2.05) is 48.9 Å². The van der Waals surface area contributed by atoms with E-state index in [9.17, 15) is 4.79 Å². The van der Waals surface area contributed by atoms with E-state index >= 15 is 0 Å². The fourth-order valence-electron chi connectivity index (χ4n) is 3.26. The van der Waals surface area contributed by atoms with Gasteiger partial charge in [-0.3, -0.25) is 9.48 Å². The minimum absolute atomic E-state index is 0.0439. The summed E-state index contributed by atoms with van der Waals surface area (Å²) >= 11 is 0. The molecule has 0 aliphatic heterocycles. The van der Waals surface area contributed by atoms with Gasteiger partial charge in [-0.1, -0.05) is 37.2 Å². The van der Waals surface area contributed by atoms with Crippen LogP contribution in [0.15, 0.2) is 63.9 Å². The summed E-state index contributed by atoms with van der Waals surface area (Å²) in [7, 11) is 0. The number of nitrogens with zero attached hydrogens (tertiary/aromatic N) is 4. The second kappa shape index (κ2) is 8.36. The van der Waals surface area contributed by atoms with Crippen LogP contribution < -0.4 is 5.32 Å². The highest BCUT2D eigenvalue weighted by Gasteiger charge is 2.26. The molecule has 0 fully saturated rings. The summed E-state index contributed by atoms with van der Waals surface area (Å²) in [5, 5.41) is 11.4. The maximum absolute atomic E-state index is 12.4. The van der Waals surface area contributed by atoms with E-state index < -0.39 is 6.04 Å². The van der Waals surface area contributed by atoms with E-state index in [1.165, 1.54) is 6.26 Å². The van der Waals surface area contributed by atoms with Gasteiger partial charge in [-0.25, -0.2) is 0 Å². The smallest absolute Gasteiger partial charge is 0.287 e. The Morgan fingerprint density at radius 1 is 1.17 bits per heavy atom. The van der Waals surface area contributed by atoms with Crippen LogP contribution in [0.3, 0.4) is 0 Å². The first-order valence-electron chi connectivity index (χ1n) is 9.87. The Kier molecular flexibility index (Phi) is 5.47. The third kappa shape index (κ3) is 3.89. The van der Waals surface area contributed by atoms with Gasteiger partial charge in [0.05, 0.1) is 12.0 Å². The number of carbonyl (C=O) groups excluding carboxylic acids is 1. The zero-order valence-electron chi connectivity index (χ0n) is 17.1. The van der Waals surface area contributed by atoms with E-state index in [0.717, 1.165) is 23.4 Å². The van der Waals surface area contributed by atoms with E-state index in [-0.39, 0.29) is 17.6 Å². The Bertz CT molecular complexity index is 1130. The molecule has 0 spiro atoms. The fourth-order valence-corrected chi connectivity index (χ4v) is 3.26. The molecule has 8 heteroatoms. The van der Waals surface area contributed by atoms with Gasteiger partial charge in [0.2, 0.25) is 11.7 Å². The van der Waals surface area contributed by atoms with Gasteiger partial charge in [-0.15, -0.1) is 0 Å². The van der Waals surface area contributed by atoms with E-state index in [0.29, 0.717) is 11.7 Å². The maximum Gasteiger partial charge on any atom is 0.287 e. The molecular weight excluding hydrogens is 382 g/mol. The summed E-state index contributed by atoms with van der Waals surface area (Å²) in [5.41, 5.74) is 2.87. The summed E-state index contributed by atoms with van der Waals surface area (Å²) in [6, 6.07) is 12.7. The zero-order chi connectivity index (χ0) is 21.1. The Morgan fingerprint density at radius 3 is 2.73 bits per heavy atom. The van der Waals surface area contributed by atoms with Crippen molar-refractivity contribution in [1.82, 2.24) is 25.2 Å². The molecule has 0 saturated heterocycles. The highest BCUT2D eigenvalue weighted by atomic mass is 16.5. The minimum atomic E-state index is -0.437. The molecule has 4 rings (SSSR count). The van der Waals surface area contributed by atoms with Crippen molar-refractivity contribution in [2.24, 2.45) is 5.92 Å². The van der Waals surface area contributed by atoms with Crippen LogP contribution in [-0.2, 0) is 6.54 Å². The number of amides is 1. The standard InChI is InChI=1S/C22H23N5O3/c1-4-27-17(10-11-23-27)15-7-5-8-16(13-15)20-25-22(30-26-20)19(14(2)3)24-21(28)18-9-6-12-29-18/h5-14,19H,4H2,1-3H3,(H,24,28)/t19-/m1/s1. The van der Waals surface area contributed by atoms with Gasteiger partial charge in [0.1, 0.15) is 6.04 Å². The predicted octanol–water partition coefficient (Wildman–Crippen LogP) is 4.34. The number of rotatable bonds is 7. The topological polar surface area (TPSA) is 99.0 Å². The summed E-state index contributed by atoms with van der Waals surface area (Å²) in [6.07, 6.45) is 3.24. The van der Waals surface area contributed by atoms with E-state index in [4.69, 9.17) is 8.94 Å². The van der Waals surface area contributed by atoms with Gasteiger partial charge in [-0.05, 0) is 37.1 Å². The van der Waals surface area contributed by atoms with Crippen molar-refractivity contribution in [1.29, 1.82) is 0 Å². The molecule has 154 valence electrons. The summed E-state index contributed by atoms with van der Waals surface area (Å²) in [6.45, 7) is 6.78. The molecule has 0 aliphatic carbocycles. The molecule has 4 aromatic rings. The lowest BCUT2D eigenvalue weighted by atomic mass is 10.0. The first-order chi connectivity index (χ1) is 14.6. The predicted molar refractivity (Wildman–Crippen MR) is 110 cm³/mol. The molecule has 0 bridgehead atoms. The van der Waals surface area contributed by atoms with Crippen molar-refractivity contribution in [2.45, 2.75) is 33.4 Å². The van der Waals surface area contributed by atoms with Gasteiger partial charge in [0.15, 0.2) is 5.76 Å². The van der Waals surface area contributed by atoms with Gasteiger partial charge >= 0.3 is 0 Å². The monoisotopic (exact) mass is 405 g/mol.